The van der Waals surface area contributed by atoms with E-state index in [-0.39, 0.29) is 17.4 Å². The Labute approximate surface area is 110 Å². The highest BCUT2D eigenvalue weighted by Gasteiger charge is 2.28. The van der Waals surface area contributed by atoms with Gasteiger partial charge in [0.25, 0.3) is 5.91 Å². The lowest BCUT2D eigenvalue weighted by Gasteiger charge is -2.30. The molecule has 19 heavy (non-hydrogen) atoms. The van der Waals surface area contributed by atoms with Crippen LogP contribution in [-0.4, -0.2) is 22.8 Å². The second-order valence-corrected chi connectivity index (χ2v) is 4.64. The van der Waals surface area contributed by atoms with E-state index < -0.39 is 0 Å². The summed E-state index contributed by atoms with van der Waals surface area (Å²) >= 11 is 0. The molecule has 0 spiro atoms. The van der Waals surface area contributed by atoms with Crippen LogP contribution in [0.2, 0.25) is 0 Å². The van der Waals surface area contributed by atoms with Gasteiger partial charge in [0.1, 0.15) is 0 Å². The van der Waals surface area contributed by atoms with Crippen LogP contribution >= 0.6 is 0 Å². The van der Waals surface area contributed by atoms with Crippen molar-refractivity contribution in [2.45, 2.75) is 19.8 Å². The van der Waals surface area contributed by atoms with E-state index in [1.807, 2.05) is 25.1 Å². The van der Waals surface area contributed by atoms with Gasteiger partial charge in [-0.3, -0.25) is 4.79 Å². The summed E-state index contributed by atoms with van der Waals surface area (Å²) in [5.41, 5.74) is 8.88. The number of benzene rings is 1. The third kappa shape index (κ3) is 1.85. The standard InChI is InChI=1S/C13H14N4O2/c1-8-4-2-5-9-6-3-7-17(11(8)9)13(18)10-12(14)16-19-15-10/h2,4-5H,3,6-7H2,1H3,(H2,14,16). The summed E-state index contributed by atoms with van der Waals surface area (Å²) in [7, 11) is 0. The number of nitrogen functional groups attached to an aromatic ring is 1. The van der Waals surface area contributed by atoms with Crippen molar-refractivity contribution in [3.8, 4) is 0 Å². The number of anilines is 2. The first kappa shape index (κ1) is 11.7. The Balaban J connectivity index is 2.05. The van der Waals surface area contributed by atoms with E-state index in [2.05, 4.69) is 14.9 Å². The van der Waals surface area contributed by atoms with Crippen molar-refractivity contribution in [2.24, 2.45) is 0 Å². The summed E-state index contributed by atoms with van der Waals surface area (Å²) in [4.78, 5) is 14.2. The van der Waals surface area contributed by atoms with Gasteiger partial charge in [-0.2, -0.15) is 0 Å². The molecule has 1 aliphatic heterocycles. The molecule has 0 unspecified atom stereocenters. The summed E-state index contributed by atoms with van der Waals surface area (Å²) < 4.78 is 4.50. The number of carbonyl (C=O) groups excluding carboxylic acids is 1. The molecule has 1 aromatic carbocycles. The zero-order valence-electron chi connectivity index (χ0n) is 10.6. The molecule has 0 saturated heterocycles. The fourth-order valence-corrected chi connectivity index (χ4v) is 2.52. The molecule has 2 heterocycles. The number of para-hydroxylation sites is 1. The summed E-state index contributed by atoms with van der Waals surface area (Å²) in [6.07, 6.45) is 1.90. The van der Waals surface area contributed by atoms with E-state index in [9.17, 15) is 4.79 Å². The molecule has 0 saturated carbocycles. The molecule has 0 atom stereocenters. The van der Waals surface area contributed by atoms with Gasteiger partial charge < -0.3 is 10.6 Å². The Bertz CT molecular complexity index is 635. The highest BCUT2D eigenvalue weighted by atomic mass is 16.6. The molecule has 1 aliphatic rings. The predicted molar refractivity (Wildman–Crippen MR) is 69.9 cm³/mol. The lowest BCUT2D eigenvalue weighted by Crippen LogP contribution is -2.36. The molecular formula is C13H14N4O2. The van der Waals surface area contributed by atoms with Gasteiger partial charge in [0.2, 0.25) is 11.5 Å². The molecule has 98 valence electrons. The number of nitrogens with two attached hydrogens (primary N) is 1. The molecule has 1 amide bonds. The van der Waals surface area contributed by atoms with Crippen LogP contribution in [0.3, 0.4) is 0 Å². The van der Waals surface area contributed by atoms with Crippen LogP contribution in [0.15, 0.2) is 22.8 Å². The Morgan fingerprint density at radius 2 is 2.26 bits per heavy atom. The van der Waals surface area contributed by atoms with Crippen molar-refractivity contribution in [3.63, 3.8) is 0 Å². The number of amides is 1. The average Bonchev–Trinajstić information content (AvgIpc) is 2.84. The van der Waals surface area contributed by atoms with Crippen LogP contribution in [0.25, 0.3) is 0 Å². The molecule has 0 aliphatic carbocycles. The normalized spacial score (nSPS) is 14.3. The topological polar surface area (TPSA) is 85.2 Å². The number of hydrogen-bond acceptors (Lipinski definition) is 5. The largest absolute Gasteiger partial charge is 0.379 e. The number of hydrogen-bond donors (Lipinski definition) is 1. The third-order valence-electron chi connectivity index (χ3n) is 3.38. The number of rotatable bonds is 1. The molecule has 2 N–H and O–H groups in total. The minimum atomic E-state index is -0.256. The maximum atomic E-state index is 12.5. The fraction of sp³-hybridized carbons (Fsp3) is 0.308. The number of aryl methyl sites for hydroxylation is 2. The minimum absolute atomic E-state index is 0.0331. The molecule has 1 aromatic heterocycles. The lowest BCUT2D eigenvalue weighted by molar-refractivity contribution is 0.0976. The van der Waals surface area contributed by atoms with Gasteiger partial charge in [-0.25, -0.2) is 4.63 Å². The van der Waals surface area contributed by atoms with Gasteiger partial charge in [-0.1, -0.05) is 18.2 Å². The quantitative estimate of drug-likeness (QED) is 0.838. The van der Waals surface area contributed by atoms with E-state index in [0.29, 0.717) is 6.54 Å². The Hall–Kier alpha value is -2.37. The first-order valence-corrected chi connectivity index (χ1v) is 6.17. The van der Waals surface area contributed by atoms with Crippen molar-refractivity contribution in [2.75, 3.05) is 17.2 Å². The van der Waals surface area contributed by atoms with Crippen LogP contribution in [0.4, 0.5) is 11.5 Å². The maximum absolute atomic E-state index is 12.5. The second-order valence-electron chi connectivity index (χ2n) is 4.64. The number of fused-ring (bicyclic) bond motifs is 1. The van der Waals surface area contributed by atoms with E-state index in [1.54, 1.807) is 4.90 Å². The van der Waals surface area contributed by atoms with Crippen molar-refractivity contribution >= 4 is 17.4 Å². The first-order valence-electron chi connectivity index (χ1n) is 6.17. The van der Waals surface area contributed by atoms with Gasteiger partial charge in [0, 0.05) is 6.54 Å². The van der Waals surface area contributed by atoms with Crippen molar-refractivity contribution in [3.05, 3.63) is 35.0 Å². The Kier molecular flexibility index (Phi) is 2.70. The Morgan fingerprint density at radius 3 is 3.00 bits per heavy atom. The second kappa shape index (κ2) is 4.38. The highest BCUT2D eigenvalue weighted by molar-refractivity contribution is 6.08. The van der Waals surface area contributed by atoms with Crippen LogP contribution in [0, 0.1) is 6.92 Å². The molecule has 3 rings (SSSR count). The molecule has 0 radical (unpaired) electrons. The Morgan fingerprint density at radius 1 is 1.42 bits per heavy atom. The summed E-state index contributed by atoms with van der Waals surface area (Å²) in [5.74, 6) is -0.222. The predicted octanol–water partition coefficient (Wildman–Crippen LogP) is 1.55. The molecule has 6 heteroatoms. The number of aromatic nitrogens is 2. The van der Waals surface area contributed by atoms with Crippen molar-refractivity contribution in [1.29, 1.82) is 0 Å². The van der Waals surface area contributed by atoms with Gasteiger partial charge in [-0.05, 0) is 41.2 Å². The van der Waals surface area contributed by atoms with Crippen molar-refractivity contribution in [1.82, 2.24) is 10.3 Å². The molecule has 0 bridgehead atoms. The molecule has 2 aromatic rings. The molecule has 6 nitrogen and oxygen atoms in total. The summed E-state index contributed by atoms with van der Waals surface area (Å²) in [5, 5.41) is 7.05. The highest BCUT2D eigenvalue weighted by Crippen LogP contribution is 2.31. The number of nitrogens with zero attached hydrogens (tertiary/aromatic N) is 3. The van der Waals surface area contributed by atoms with E-state index in [1.165, 1.54) is 5.56 Å². The van der Waals surface area contributed by atoms with Gasteiger partial charge in [0.05, 0.1) is 5.69 Å². The SMILES string of the molecule is Cc1cccc2c1N(C(=O)c1nonc1N)CCC2. The van der Waals surface area contributed by atoms with Crippen LogP contribution in [0.1, 0.15) is 28.0 Å². The van der Waals surface area contributed by atoms with Gasteiger partial charge in [-0.15, -0.1) is 0 Å². The van der Waals surface area contributed by atoms with Crippen LogP contribution < -0.4 is 10.6 Å². The smallest absolute Gasteiger partial charge is 0.284 e. The van der Waals surface area contributed by atoms with E-state index >= 15 is 0 Å². The van der Waals surface area contributed by atoms with E-state index in [0.717, 1.165) is 24.1 Å². The van der Waals surface area contributed by atoms with Gasteiger partial charge >= 0.3 is 0 Å². The number of carbonyl (C=O) groups is 1. The lowest BCUT2D eigenvalue weighted by atomic mass is 9.98. The summed E-state index contributed by atoms with van der Waals surface area (Å²) in [6, 6.07) is 6.05. The van der Waals surface area contributed by atoms with Crippen LogP contribution in [0.5, 0.6) is 0 Å². The fourth-order valence-electron chi connectivity index (χ4n) is 2.52. The monoisotopic (exact) mass is 258 g/mol. The van der Waals surface area contributed by atoms with E-state index in [4.69, 9.17) is 5.73 Å². The summed E-state index contributed by atoms with van der Waals surface area (Å²) in [6.45, 7) is 2.65. The molecule has 0 fully saturated rings. The van der Waals surface area contributed by atoms with Crippen molar-refractivity contribution < 1.29 is 9.42 Å². The minimum Gasteiger partial charge on any atom is -0.379 e. The zero-order chi connectivity index (χ0) is 13.4. The third-order valence-corrected chi connectivity index (χ3v) is 3.38. The first-order chi connectivity index (χ1) is 9.18. The zero-order valence-corrected chi connectivity index (χ0v) is 10.6. The van der Waals surface area contributed by atoms with Gasteiger partial charge in [0.15, 0.2) is 0 Å². The average molecular weight is 258 g/mol. The molecular weight excluding hydrogens is 244 g/mol. The maximum Gasteiger partial charge on any atom is 0.284 e. The van der Waals surface area contributed by atoms with Crippen LogP contribution in [-0.2, 0) is 6.42 Å².